The summed E-state index contributed by atoms with van der Waals surface area (Å²) in [5, 5.41) is 0.499. The first-order valence-corrected chi connectivity index (χ1v) is 7.81. The van der Waals surface area contributed by atoms with Crippen LogP contribution in [-0.4, -0.2) is 19.5 Å². The van der Waals surface area contributed by atoms with Gasteiger partial charge in [0.1, 0.15) is 17.7 Å². The van der Waals surface area contributed by atoms with Crippen LogP contribution in [0.4, 0.5) is 0 Å². The van der Waals surface area contributed by atoms with Crippen molar-refractivity contribution in [2.45, 2.75) is 24.0 Å². The second-order valence-electron chi connectivity index (χ2n) is 5.13. The summed E-state index contributed by atoms with van der Waals surface area (Å²) in [5.74, 6) is 1.76. The lowest BCUT2D eigenvalue weighted by atomic mass is 10.1. The Hall–Kier alpha value is -1.68. The average Bonchev–Trinajstić information content (AvgIpc) is 2.46. The molecule has 0 N–H and O–H groups in total. The van der Waals surface area contributed by atoms with Crippen LogP contribution in [0.15, 0.2) is 41.6 Å². The van der Waals surface area contributed by atoms with Crippen LogP contribution in [0.1, 0.15) is 13.8 Å². The normalized spacial score (nSPS) is 10.8. The van der Waals surface area contributed by atoms with Crippen molar-refractivity contribution in [3.05, 3.63) is 36.7 Å². The zero-order chi connectivity index (χ0) is 15.4. The van der Waals surface area contributed by atoms with E-state index < -0.39 is 0 Å². The van der Waals surface area contributed by atoms with E-state index in [0.29, 0.717) is 5.25 Å². The van der Waals surface area contributed by atoms with E-state index in [1.807, 2.05) is 25.2 Å². The summed E-state index contributed by atoms with van der Waals surface area (Å²) in [7, 11) is 5.44. The van der Waals surface area contributed by atoms with E-state index in [4.69, 9.17) is 9.47 Å². The number of hydrogen-bond acceptors (Lipinski definition) is 3. The highest BCUT2D eigenvalue weighted by atomic mass is 32.2. The minimum atomic E-state index is 0.499. The Morgan fingerprint density at radius 1 is 1.10 bits per heavy atom. The first kappa shape index (κ1) is 15.7. The number of methoxy groups -OCH3 is 2. The Labute approximate surface area is 130 Å². The number of hydrogen-bond donors (Lipinski definition) is 0. The molecule has 0 radical (unpaired) electrons. The van der Waals surface area contributed by atoms with Gasteiger partial charge in [0.15, 0.2) is 18.1 Å². The van der Waals surface area contributed by atoms with Crippen LogP contribution in [0.25, 0.3) is 11.1 Å². The molecule has 2 aromatic rings. The zero-order valence-electron chi connectivity index (χ0n) is 13.2. The van der Waals surface area contributed by atoms with Crippen LogP contribution in [0.2, 0.25) is 0 Å². The molecule has 2 rings (SSSR count). The summed E-state index contributed by atoms with van der Waals surface area (Å²) in [4.78, 5) is 1.15. The Bertz CT molecular complexity index is 626. The third-order valence-corrected chi connectivity index (χ3v) is 4.09. The molecule has 21 heavy (non-hydrogen) atoms. The van der Waals surface area contributed by atoms with Crippen molar-refractivity contribution in [3.8, 4) is 22.6 Å². The molecule has 1 heterocycles. The van der Waals surface area contributed by atoms with E-state index in [2.05, 4.69) is 36.9 Å². The van der Waals surface area contributed by atoms with E-state index in [1.165, 1.54) is 0 Å². The van der Waals surface area contributed by atoms with E-state index in [1.54, 1.807) is 26.0 Å². The summed E-state index contributed by atoms with van der Waals surface area (Å²) >= 11 is 1.81. The monoisotopic (exact) mass is 304 g/mol. The van der Waals surface area contributed by atoms with Crippen molar-refractivity contribution < 1.29 is 14.0 Å². The Kier molecular flexibility index (Phi) is 5.12. The average molecular weight is 304 g/mol. The summed E-state index contributed by atoms with van der Waals surface area (Å²) < 4.78 is 13.1. The minimum absolute atomic E-state index is 0.499. The molecule has 112 valence electrons. The number of aryl methyl sites for hydroxylation is 1. The Morgan fingerprint density at radius 3 is 2.48 bits per heavy atom. The van der Waals surface area contributed by atoms with Gasteiger partial charge in [0.25, 0.3) is 0 Å². The maximum absolute atomic E-state index is 5.69. The molecule has 0 unspecified atom stereocenters. The summed E-state index contributed by atoms with van der Waals surface area (Å²) in [6.45, 7) is 4.37. The highest BCUT2D eigenvalue weighted by Crippen LogP contribution is 2.39. The fraction of sp³-hybridized carbons (Fsp3) is 0.353. The highest BCUT2D eigenvalue weighted by molar-refractivity contribution is 8.00. The molecule has 0 saturated heterocycles. The van der Waals surface area contributed by atoms with Gasteiger partial charge >= 0.3 is 0 Å². The first-order valence-electron chi connectivity index (χ1n) is 6.93. The molecule has 0 spiro atoms. The van der Waals surface area contributed by atoms with Crippen LogP contribution in [-0.2, 0) is 7.05 Å². The Balaban J connectivity index is 2.58. The van der Waals surface area contributed by atoms with Crippen LogP contribution < -0.4 is 14.0 Å². The predicted molar refractivity (Wildman–Crippen MR) is 87.2 cm³/mol. The SMILES string of the molecule is COc1cccc(-c2c[n+](C)cc(SC(C)C)c2OC)c1. The molecule has 0 atom stereocenters. The second kappa shape index (κ2) is 6.85. The van der Waals surface area contributed by atoms with Gasteiger partial charge in [0, 0.05) is 5.25 Å². The maximum atomic E-state index is 5.69. The molecule has 0 aliphatic heterocycles. The number of ether oxygens (including phenoxy) is 2. The van der Waals surface area contributed by atoms with Gasteiger partial charge in [-0.25, -0.2) is 4.57 Å². The summed E-state index contributed by atoms with van der Waals surface area (Å²) in [6, 6.07) is 8.05. The van der Waals surface area contributed by atoms with Gasteiger partial charge in [-0.05, 0) is 17.7 Å². The standard InChI is InChI=1S/C17H22NO2S/c1-12(2)21-16-11-18(3)10-15(17(16)20-5)13-7-6-8-14(9-13)19-4/h6-12H,1-5H3/q+1. The number of benzene rings is 1. The number of pyridine rings is 1. The number of thioether (sulfide) groups is 1. The molecule has 0 bridgehead atoms. The largest absolute Gasteiger partial charge is 0.497 e. The van der Waals surface area contributed by atoms with Crippen molar-refractivity contribution in [1.29, 1.82) is 0 Å². The lowest BCUT2D eigenvalue weighted by molar-refractivity contribution is -0.672. The molecule has 1 aromatic heterocycles. The molecule has 0 aliphatic rings. The smallest absolute Gasteiger partial charge is 0.186 e. The van der Waals surface area contributed by atoms with Crippen LogP contribution in [0.3, 0.4) is 0 Å². The Morgan fingerprint density at radius 2 is 1.86 bits per heavy atom. The van der Waals surface area contributed by atoms with Gasteiger partial charge in [0.05, 0.1) is 19.8 Å². The quantitative estimate of drug-likeness (QED) is 0.621. The predicted octanol–water partition coefficient (Wildman–Crippen LogP) is 3.70. The topological polar surface area (TPSA) is 22.3 Å². The molecule has 3 nitrogen and oxygen atoms in total. The molecule has 0 amide bonds. The molecule has 0 fully saturated rings. The van der Waals surface area contributed by atoms with Gasteiger partial charge in [0.2, 0.25) is 0 Å². The second-order valence-corrected chi connectivity index (χ2v) is 6.75. The summed E-state index contributed by atoms with van der Waals surface area (Å²) in [5.41, 5.74) is 2.16. The fourth-order valence-corrected chi connectivity index (χ4v) is 3.26. The van der Waals surface area contributed by atoms with Crippen molar-refractivity contribution in [2.75, 3.05) is 14.2 Å². The molecule has 0 aliphatic carbocycles. The molecule has 1 aromatic carbocycles. The lowest BCUT2D eigenvalue weighted by Crippen LogP contribution is -2.27. The molecule has 0 saturated carbocycles. The molecular formula is C17H22NO2S+. The van der Waals surface area contributed by atoms with Crippen molar-refractivity contribution in [2.24, 2.45) is 7.05 Å². The van der Waals surface area contributed by atoms with Crippen LogP contribution >= 0.6 is 11.8 Å². The van der Waals surface area contributed by atoms with Crippen molar-refractivity contribution in [3.63, 3.8) is 0 Å². The zero-order valence-corrected chi connectivity index (χ0v) is 14.0. The van der Waals surface area contributed by atoms with Crippen LogP contribution in [0, 0.1) is 0 Å². The minimum Gasteiger partial charge on any atom is -0.497 e. The fourth-order valence-electron chi connectivity index (χ4n) is 2.22. The van der Waals surface area contributed by atoms with Gasteiger partial charge in [-0.3, -0.25) is 0 Å². The summed E-state index contributed by atoms with van der Waals surface area (Å²) in [6.07, 6.45) is 4.19. The van der Waals surface area contributed by atoms with Gasteiger partial charge in [-0.1, -0.05) is 26.0 Å². The van der Waals surface area contributed by atoms with Gasteiger partial charge < -0.3 is 9.47 Å². The number of rotatable bonds is 5. The molecular weight excluding hydrogens is 282 g/mol. The number of nitrogens with zero attached hydrogens (tertiary/aromatic N) is 1. The van der Waals surface area contributed by atoms with Gasteiger partial charge in [-0.2, -0.15) is 0 Å². The highest BCUT2D eigenvalue weighted by Gasteiger charge is 2.18. The number of aromatic nitrogens is 1. The van der Waals surface area contributed by atoms with E-state index in [0.717, 1.165) is 27.5 Å². The van der Waals surface area contributed by atoms with E-state index in [9.17, 15) is 0 Å². The van der Waals surface area contributed by atoms with Crippen molar-refractivity contribution >= 4 is 11.8 Å². The van der Waals surface area contributed by atoms with Gasteiger partial charge in [-0.15, -0.1) is 11.8 Å². The lowest BCUT2D eigenvalue weighted by Gasteiger charge is -2.13. The maximum Gasteiger partial charge on any atom is 0.186 e. The van der Waals surface area contributed by atoms with Crippen molar-refractivity contribution in [1.82, 2.24) is 0 Å². The van der Waals surface area contributed by atoms with E-state index >= 15 is 0 Å². The van der Waals surface area contributed by atoms with E-state index in [-0.39, 0.29) is 0 Å². The molecule has 4 heteroatoms. The third kappa shape index (κ3) is 3.70. The first-order chi connectivity index (χ1) is 10.0. The van der Waals surface area contributed by atoms with Crippen LogP contribution in [0.5, 0.6) is 11.5 Å². The third-order valence-electron chi connectivity index (χ3n) is 3.07.